The van der Waals surface area contributed by atoms with Crippen LogP contribution in [-0.2, 0) is 38.3 Å². The third-order valence-electron chi connectivity index (χ3n) is 8.36. The van der Waals surface area contributed by atoms with Crippen LogP contribution >= 0.6 is 34.8 Å². The Morgan fingerprint density at radius 2 is 1.66 bits per heavy atom. The number of carbonyl (C=O) groups excluding carboxylic acids is 6. The van der Waals surface area contributed by atoms with Crippen LogP contribution in [0.1, 0.15) is 52.9 Å². The first-order valence-corrected chi connectivity index (χ1v) is 17.7. The fourth-order valence-electron chi connectivity index (χ4n) is 5.38. The van der Waals surface area contributed by atoms with Crippen molar-refractivity contribution >= 4 is 76.1 Å². The molecule has 12 N–H and O–H groups in total. The summed E-state index contributed by atoms with van der Waals surface area (Å²) in [5, 5.41) is 61.0. The number of hydrogen-bond donors (Lipinski definition) is 11. The molecule has 1 heterocycles. The molecule has 0 spiro atoms. The minimum Gasteiger partial charge on any atom is -0.491 e. The first kappa shape index (κ1) is 45.6. The number of carbonyl (C=O) groups is 7. The van der Waals surface area contributed by atoms with Gasteiger partial charge in [-0.15, -0.1) is 23.2 Å². The molecule has 2 aliphatic rings. The number of carboxylic acid groups (broad SMARTS) is 1. The maximum absolute atomic E-state index is 14.0. The molecule has 0 saturated carbocycles. The number of alkyl halides is 2. The summed E-state index contributed by atoms with van der Waals surface area (Å²) in [4.78, 5) is 90.5. The summed E-state index contributed by atoms with van der Waals surface area (Å²) in [7, 11) is 0. The van der Waals surface area contributed by atoms with E-state index in [9.17, 15) is 59.1 Å². The summed E-state index contributed by atoms with van der Waals surface area (Å²) in [6.45, 7) is 4.69. The summed E-state index contributed by atoms with van der Waals surface area (Å²) in [5.41, 5.74) is 5.26. The number of aliphatic carboxylic acids is 1. The van der Waals surface area contributed by atoms with Gasteiger partial charge in [0.25, 0.3) is 17.7 Å². The van der Waals surface area contributed by atoms with Gasteiger partial charge in [0, 0.05) is 23.9 Å². The van der Waals surface area contributed by atoms with Crippen molar-refractivity contribution in [3.05, 3.63) is 22.6 Å². The highest BCUT2D eigenvalue weighted by molar-refractivity contribution is 6.44. The van der Waals surface area contributed by atoms with Crippen molar-refractivity contribution in [1.29, 1.82) is 0 Å². The topological polar surface area (TPSA) is 316 Å². The lowest BCUT2D eigenvalue weighted by Gasteiger charge is -2.34. The molecule has 0 fully saturated rings. The fraction of sp³-hybridized carbons (Fsp3) is 0.645. The molecule has 0 bridgehead atoms. The van der Waals surface area contributed by atoms with Crippen LogP contribution < -0.4 is 32.3 Å². The number of aliphatic hydroxyl groups is 4. The number of rotatable bonds is 15. The molecule has 0 aromatic rings. The third-order valence-corrected chi connectivity index (χ3v) is 9.44. The van der Waals surface area contributed by atoms with Crippen molar-refractivity contribution in [3.63, 3.8) is 0 Å². The van der Waals surface area contributed by atoms with Crippen LogP contribution in [0.25, 0.3) is 0 Å². The minimum atomic E-state index is -2.53. The number of nitrogens with one attached hydrogen (secondary N) is 5. The van der Waals surface area contributed by atoms with Crippen LogP contribution in [0.4, 0.5) is 0 Å². The van der Waals surface area contributed by atoms with Gasteiger partial charge in [-0.1, -0.05) is 32.4 Å². The predicted octanol–water partition coefficient (Wildman–Crippen LogP) is -2.52. The van der Waals surface area contributed by atoms with Crippen LogP contribution in [0.3, 0.4) is 0 Å². The van der Waals surface area contributed by atoms with Crippen molar-refractivity contribution in [1.82, 2.24) is 26.6 Å². The van der Waals surface area contributed by atoms with Gasteiger partial charge in [0.1, 0.15) is 52.7 Å². The van der Waals surface area contributed by atoms with Crippen molar-refractivity contribution in [3.8, 4) is 0 Å². The van der Waals surface area contributed by atoms with Gasteiger partial charge >= 0.3 is 5.97 Å². The summed E-state index contributed by atoms with van der Waals surface area (Å²) in [5.74, 6) is -10.0. The van der Waals surface area contributed by atoms with Gasteiger partial charge in [-0.05, 0) is 37.6 Å². The zero-order valence-electron chi connectivity index (χ0n) is 28.9. The molecule has 1 aliphatic heterocycles. The normalized spacial score (nSPS) is 24.3. The van der Waals surface area contributed by atoms with Gasteiger partial charge in [-0.3, -0.25) is 28.8 Å². The zero-order valence-corrected chi connectivity index (χ0v) is 31.2. The number of ether oxygens (including phenoxy) is 1. The van der Waals surface area contributed by atoms with E-state index in [1.54, 1.807) is 13.8 Å². The summed E-state index contributed by atoms with van der Waals surface area (Å²) in [6.07, 6.45) is -8.59. The lowest BCUT2D eigenvalue weighted by molar-refractivity contribution is -0.150. The second-order valence-electron chi connectivity index (χ2n) is 12.8. The Balaban J connectivity index is 2.64. The maximum atomic E-state index is 14.0. The second-order valence-corrected chi connectivity index (χ2v) is 14.2. The van der Waals surface area contributed by atoms with Crippen LogP contribution in [0, 0.1) is 11.8 Å². The Hall–Kier alpha value is -3.56. The smallest absolute Gasteiger partial charge is 0.326 e. The van der Waals surface area contributed by atoms with Crippen molar-refractivity contribution in [2.45, 2.75) is 106 Å². The van der Waals surface area contributed by atoms with Gasteiger partial charge < -0.3 is 62.6 Å². The predicted molar refractivity (Wildman–Crippen MR) is 186 cm³/mol. The number of halogens is 3. The first-order valence-electron chi connectivity index (χ1n) is 16.4. The van der Waals surface area contributed by atoms with Gasteiger partial charge in [0.05, 0.1) is 6.10 Å². The van der Waals surface area contributed by atoms with E-state index in [0.29, 0.717) is 5.54 Å². The highest BCUT2D eigenvalue weighted by Crippen LogP contribution is 2.31. The van der Waals surface area contributed by atoms with E-state index in [-0.39, 0.29) is 37.1 Å². The molecule has 0 radical (unpaired) electrons. The molecule has 8 atom stereocenters. The summed E-state index contributed by atoms with van der Waals surface area (Å²) in [6, 6.07) is -6.97. The number of nitrogens with two attached hydrogens (primary N) is 1. The van der Waals surface area contributed by atoms with E-state index in [0.717, 1.165) is 0 Å². The van der Waals surface area contributed by atoms with E-state index >= 15 is 0 Å². The number of ketones is 1. The largest absolute Gasteiger partial charge is 0.491 e. The fourth-order valence-corrected chi connectivity index (χ4v) is 5.74. The summed E-state index contributed by atoms with van der Waals surface area (Å²) >= 11 is 17.7. The standard InChI is InChI=1S/C31H45Cl3N6O13/c1-11(2)23-21(28(47)38-16(10-32)26(45)37-15(30(49)50)8-13-19(53-23)9-18(42)22(13)43)40-27(46)20(17(41)5-4-6-35)39-25(44)14(7-12(3)24(33)34)36-29(48)31(51)52/h10-12,14-15,17-18,20-21,23-24,31,41-42,51-52H,4-9,35H2,1-3H3,(H,36,48)(H,37,45)(H,38,47)(H,39,44)(H,40,46)(H,49,50)/b16-10+/t12-,14-,15+,17+,18-,20+,21+,23+/m0/s1. The van der Waals surface area contributed by atoms with Gasteiger partial charge in [-0.2, -0.15) is 0 Å². The van der Waals surface area contributed by atoms with E-state index in [4.69, 9.17) is 45.3 Å². The van der Waals surface area contributed by atoms with Gasteiger partial charge in [0.2, 0.25) is 18.1 Å². The zero-order chi connectivity index (χ0) is 40.3. The average Bonchev–Trinajstić information content (AvgIpc) is 3.34. The highest BCUT2D eigenvalue weighted by Gasteiger charge is 2.43. The van der Waals surface area contributed by atoms with Crippen LogP contribution in [-0.4, -0.2) is 127 Å². The maximum Gasteiger partial charge on any atom is 0.326 e. The second kappa shape index (κ2) is 20.8. The molecular weight excluding hydrogens is 771 g/mol. The molecule has 298 valence electrons. The van der Waals surface area contributed by atoms with Crippen molar-refractivity contribution in [2.75, 3.05) is 6.54 Å². The van der Waals surface area contributed by atoms with E-state index in [2.05, 4.69) is 26.6 Å². The molecule has 0 aromatic carbocycles. The molecule has 0 unspecified atom stereocenters. The van der Waals surface area contributed by atoms with E-state index < -0.39 is 125 Å². The molecule has 2 rings (SSSR count). The molecular formula is C31H45Cl3N6O13. The Kier molecular flexibility index (Phi) is 17.9. The van der Waals surface area contributed by atoms with Crippen LogP contribution in [0.5, 0.6) is 0 Å². The number of Topliss-reactive ketones (excluding diaryl/α,β-unsaturated/α-hetero) is 1. The number of hydrogen-bond acceptors (Lipinski definition) is 13. The van der Waals surface area contributed by atoms with Crippen LogP contribution in [0.15, 0.2) is 22.6 Å². The van der Waals surface area contributed by atoms with Crippen LogP contribution in [0.2, 0.25) is 0 Å². The Labute approximate surface area is 319 Å². The molecule has 5 amide bonds. The lowest BCUT2D eigenvalue weighted by atomic mass is 9.96. The molecule has 19 nitrogen and oxygen atoms in total. The van der Waals surface area contributed by atoms with Gasteiger partial charge in [-0.25, -0.2) is 4.79 Å². The third kappa shape index (κ3) is 12.8. The molecule has 0 aromatic heterocycles. The highest BCUT2D eigenvalue weighted by atomic mass is 35.5. The molecule has 1 aliphatic carbocycles. The van der Waals surface area contributed by atoms with E-state index in [1.165, 1.54) is 6.92 Å². The first-order chi connectivity index (χ1) is 24.7. The monoisotopic (exact) mass is 814 g/mol. The molecule has 0 saturated heterocycles. The number of carboxylic acids is 1. The molecule has 53 heavy (non-hydrogen) atoms. The van der Waals surface area contributed by atoms with Gasteiger partial charge in [0.15, 0.2) is 5.78 Å². The lowest BCUT2D eigenvalue weighted by Crippen LogP contribution is -2.63. The minimum absolute atomic E-state index is 0.0609. The molecule has 22 heteroatoms. The SMILES string of the molecule is CC(C)[C@H]1OC2=C(C[C@H](C(=O)O)NC(=O)/C(=C\Cl)NC(=O)[C@@H]1NC(=O)[C@H](NC(=O)[C@H](C[C@H](C)C(Cl)Cl)NC(=O)C(O)O)[C@H](O)CCCN)C(=O)[C@@H](O)C2. The quantitative estimate of drug-likeness (QED) is 0.0462. The van der Waals surface area contributed by atoms with E-state index in [1.807, 2.05) is 0 Å². The van der Waals surface area contributed by atoms with Crippen molar-refractivity contribution in [2.24, 2.45) is 17.6 Å². The Bertz CT molecular complexity index is 1460. The average molecular weight is 816 g/mol. The van der Waals surface area contributed by atoms with Crippen molar-refractivity contribution < 1.29 is 63.8 Å². The summed E-state index contributed by atoms with van der Waals surface area (Å²) < 4.78 is 6.09. The Morgan fingerprint density at radius 1 is 1.02 bits per heavy atom. The number of aliphatic hydroxyl groups excluding tert-OH is 3. The number of amides is 5. The Morgan fingerprint density at radius 3 is 2.19 bits per heavy atom.